The number of sulfonamides is 1. The molecule has 0 aliphatic carbocycles. The number of aliphatic imine (C=N–C) groups is 1. The maximum Gasteiger partial charge on any atom is 0.208 e. The summed E-state index contributed by atoms with van der Waals surface area (Å²) in [5.74, 6) is 1.10. The zero-order valence-corrected chi connectivity index (χ0v) is 17.9. The number of halogens is 1. The highest BCUT2D eigenvalue weighted by Crippen LogP contribution is 2.15. The Bertz CT molecular complexity index is 620. The lowest BCUT2D eigenvalue weighted by Crippen LogP contribution is -2.40. The zero-order valence-electron chi connectivity index (χ0n) is 14.8. The van der Waals surface area contributed by atoms with E-state index in [0.29, 0.717) is 25.4 Å². The average Bonchev–Trinajstić information content (AvgIpc) is 2.48. The molecule has 1 aromatic carbocycles. The van der Waals surface area contributed by atoms with Gasteiger partial charge in [-0.25, -0.2) is 13.1 Å². The second-order valence-electron chi connectivity index (χ2n) is 5.72. The van der Waals surface area contributed by atoms with Gasteiger partial charge in [0.05, 0.1) is 6.26 Å². The molecule has 1 aromatic rings. The lowest BCUT2D eigenvalue weighted by Gasteiger charge is -2.16. The molecule has 0 radical (unpaired) electrons. The van der Waals surface area contributed by atoms with Gasteiger partial charge in [0, 0.05) is 26.7 Å². The van der Waals surface area contributed by atoms with Crippen molar-refractivity contribution in [2.24, 2.45) is 4.99 Å². The number of rotatable bonds is 8. The molecule has 0 spiro atoms. The van der Waals surface area contributed by atoms with Gasteiger partial charge >= 0.3 is 0 Å². The van der Waals surface area contributed by atoms with E-state index >= 15 is 0 Å². The fourth-order valence-corrected chi connectivity index (χ4v) is 2.63. The van der Waals surface area contributed by atoms with Gasteiger partial charge in [-0.3, -0.25) is 4.99 Å². The van der Waals surface area contributed by atoms with Crippen molar-refractivity contribution in [1.82, 2.24) is 15.4 Å². The lowest BCUT2D eigenvalue weighted by molar-refractivity contribution is 0.584. The first-order chi connectivity index (χ1) is 10.8. The minimum atomic E-state index is -3.11. The van der Waals surface area contributed by atoms with Crippen LogP contribution in [0.25, 0.3) is 0 Å². The van der Waals surface area contributed by atoms with Crippen LogP contribution in [0.5, 0.6) is 0 Å². The van der Waals surface area contributed by atoms with Crippen molar-refractivity contribution in [3.05, 3.63) is 35.4 Å². The Balaban J connectivity index is 0.00000529. The van der Waals surface area contributed by atoms with E-state index in [-0.39, 0.29) is 24.0 Å². The fraction of sp³-hybridized carbons (Fsp3) is 0.562. The van der Waals surface area contributed by atoms with Crippen LogP contribution in [0.15, 0.2) is 29.3 Å². The van der Waals surface area contributed by atoms with Crippen LogP contribution in [0.3, 0.4) is 0 Å². The van der Waals surface area contributed by atoms with E-state index in [2.05, 4.69) is 58.5 Å². The summed E-state index contributed by atoms with van der Waals surface area (Å²) >= 11 is 0. The van der Waals surface area contributed by atoms with E-state index in [4.69, 9.17) is 0 Å². The Kier molecular flexibility index (Phi) is 11.2. The van der Waals surface area contributed by atoms with Gasteiger partial charge in [-0.1, -0.05) is 36.8 Å². The second kappa shape index (κ2) is 11.6. The summed E-state index contributed by atoms with van der Waals surface area (Å²) in [6.45, 7) is 6.12. The molecule has 1 rings (SSSR count). The summed E-state index contributed by atoms with van der Waals surface area (Å²) in [4.78, 5) is 4.17. The molecule has 0 saturated heterocycles. The van der Waals surface area contributed by atoms with E-state index < -0.39 is 10.0 Å². The van der Waals surface area contributed by atoms with Gasteiger partial charge in [0.2, 0.25) is 10.0 Å². The first-order valence-electron chi connectivity index (χ1n) is 7.77. The summed E-state index contributed by atoms with van der Waals surface area (Å²) in [6.07, 6.45) is 1.86. The first kappa shape index (κ1) is 23.1. The molecule has 0 aliphatic rings. The predicted octanol–water partition coefficient (Wildman–Crippen LogP) is 1.82. The molecule has 0 saturated carbocycles. The summed E-state index contributed by atoms with van der Waals surface area (Å²) < 4.78 is 24.4. The molecular formula is C16H29IN4O2S. The molecule has 1 unspecified atom stereocenters. The Morgan fingerprint density at radius 1 is 1.25 bits per heavy atom. The first-order valence-corrected chi connectivity index (χ1v) is 9.66. The van der Waals surface area contributed by atoms with Gasteiger partial charge in [0.1, 0.15) is 0 Å². The Labute approximate surface area is 163 Å². The molecule has 138 valence electrons. The molecule has 24 heavy (non-hydrogen) atoms. The largest absolute Gasteiger partial charge is 0.356 e. The molecule has 8 heteroatoms. The van der Waals surface area contributed by atoms with E-state index in [9.17, 15) is 8.42 Å². The van der Waals surface area contributed by atoms with Crippen LogP contribution in [0.1, 0.15) is 30.4 Å². The number of nitrogens with zero attached hydrogens (tertiary/aromatic N) is 1. The van der Waals surface area contributed by atoms with Crippen LogP contribution in [0, 0.1) is 6.92 Å². The van der Waals surface area contributed by atoms with Gasteiger partial charge < -0.3 is 10.6 Å². The summed E-state index contributed by atoms with van der Waals surface area (Å²) in [5, 5.41) is 6.47. The molecule has 0 bridgehead atoms. The number of nitrogens with one attached hydrogen (secondary N) is 3. The number of aryl methyl sites for hydroxylation is 1. The molecule has 3 N–H and O–H groups in total. The molecule has 0 aromatic heterocycles. The average molecular weight is 468 g/mol. The van der Waals surface area contributed by atoms with Crippen molar-refractivity contribution in [1.29, 1.82) is 0 Å². The van der Waals surface area contributed by atoms with Gasteiger partial charge in [-0.2, -0.15) is 0 Å². The molecule has 0 fully saturated rings. The van der Waals surface area contributed by atoms with Crippen LogP contribution in [0.4, 0.5) is 0 Å². The Morgan fingerprint density at radius 3 is 2.54 bits per heavy atom. The summed E-state index contributed by atoms with van der Waals surface area (Å²) in [7, 11) is -1.39. The molecule has 0 amide bonds. The molecule has 0 aliphatic heterocycles. The van der Waals surface area contributed by atoms with Crippen LogP contribution < -0.4 is 15.4 Å². The normalized spacial score (nSPS) is 13.1. The van der Waals surface area contributed by atoms with Gasteiger partial charge in [-0.05, 0) is 24.8 Å². The third-order valence-corrected chi connectivity index (χ3v) is 4.15. The van der Waals surface area contributed by atoms with Gasteiger partial charge in [0.15, 0.2) is 5.96 Å². The van der Waals surface area contributed by atoms with Crippen molar-refractivity contribution < 1.29 is 8.42 Å². The fourth-order valence-electron chi connectivity index (χ4n) is 2.12. The lowest BCUT2D eigenvalue weighted by atomic mass is 9.99. The quantitative estimate of drug-likeness (QED) is 0.235. The molecule has 0 heterocycles. The van der Waals surface area contributed by atoms with E-state index in [1.165, 1.54) is 11.1 Å². The minimum absolute atomic E-state index is 0. The number of guanidine groups is 1. The van der Waals surface area contributed by atoms with Crippen molar-refractivity contribution in [3.8, 4) is 0 Å². The van der Waals surface area contributed by atoms with Crippen LogP contribution in [-0.4, -0.2) is 47.3 Å². The third kappa shape index (κ3) is 10.1. The van der Waals surface area contributed by atoms with Crippen molar-refractivity contribution in [2.75, 3.05) is 32.9 Å². The highest BCUT2D eigenvalue weighted by atomic mass is 127. The standard InChI is InChI=1S/C16H28N4O2S.HI/c1-13-7-5-8-15(11-13)14(2)12-19-16(17-3)18-9-6-10-20-23(4,21)22;/h5,7-8,11,14,20H,6,9-10,12H2,1-4H3,(H2,17,18,19);1H. The SMILES string of the molecule is CN=C(NCCCNS(C)(=O)=O)NCC(C)c1cccc(C)c1.I. The number of hydrogen-bond acceptors (Lipinski definition) is 3. The van der Waals surface area contributed by atoms with E-state index in [1.54, 1.807) is 7.05 Å². The van der Waals surface area contributed by atoms with Crippen LogP contribution >= 0.6 is 24.0 Å². The molecule has 1 atom stereocenters. The molecule has 6 nitrogen and oxygen atoms in total. The van der Waals surface area contributed by atoms with E-state index in [0.717, 1.165) is 18.8 Å². The van der Waals surface area contributed by atoms with Crippen LogP contribution in [-0.2, 0) is 10.0 Å². The molecular weight excluding hydrogens is 439 g/mol. The summed E-state index contributed by atoms with van der Waals surface area (Å²) in [6, 6.07) is 8.49. The third-order valence-electron chi connectivity index (χ3n) is 3.42. The Hall–Kier alpha value is -0.870. The number of benzene rings is 1. The topological polar surface area (TPSA) is 82.6 Å². The van der Waals surface area contributed by atoms with Crippen molar-refractivity contribution >= 4 is 40.0 Å². The minimum Gasteiger partial charge on any atom is -0.356 e. The number of hydrogen-bond donors (Lipinski definition) is 3. The Morgan fingerprint density at radius 2 is 1.96 bits per heavy atom. The van der Waals surface area contributed by atoms with Crippen LogP contribution in [0.2, 0.25) is 0 Å². The predicted molar refractivity (Wildman–Crippen MR) is 112 cm³/mol. The maximum atomic E-state index is 11.0. The van der Waals surface area contributed by atoms with Gasteiger partial charge in [-0.15, -0.1) is 24.0 Å². The summed E-state index contributed by atoms with van der Waals surface area (Å²) in [5.41, 5.74) is 2.56. The second-order valence-corrected chi connectivity index (χ2v) is 7.55. The highest BCUT2D eigenvalue weighted by Gasteiger charge is 2.07. The van der Waals surface area contributed by atoms with Crippen molar-refractivity contribution in [2.45, 2.75) is 26.2 Å². The monoisotopic (exact) mass is 468 g/mol. The smallest absolute Gasteiger partial charge is 0.208 e. The maximum absolute atomic E-state index is 11.0. The zero-order chi connectivity index (χ0) is 17.3. The highest BCUT2D eigenvalue weighted by molar-refractivity contribution is 14.0. The van der Waals surface area contributed by atoms with E-state index in [1.807, 2.05) is 0 Å². The van der Waals surface area contributed by atoms with Crippen molar-refractivity contribution in [3.63, 3.8) is 0 Å². The van der Waals surface area contributed by atoms with Gasteiger partial charge in [0.25, 0.3) is 0 Å².